The van der Waals surface area contributed by atoms with E-state index in [2.05, 4.69) is 17.2 Å². The van der Waals surface area contributed by atoms with Crippen molar-refractivity contribution < 1.29 is 4.92 Å². The molecule has 1 aromatic carbocycles. The van der Waals surface area contributed by atoms with Gasteiger partial charge in [-0.2, -0.15) is 5.10 Å². The van der Waals surface area contributed by atoms with Gasteiger partial charge in [-0.3, -0.25) is 10.1 Å². The molecule has 1 saturated carbocycles. The first-order valence-corrected chi connectivity index (χ1v) is 6.19. The molecule has 1 aliphatic rings. The summed E-state index contributed by atoms with van der Waals surface area (Å²) in [5.41, 5.74) is 7.98. The van der Waals surface area contributed by atoms with Gasteiger partial charge in [0.1, 0.15) is 6.20 Å². The molecule has 1 fully saturated rings. The summed E-state index contributed by atoms with van der Waals surface area (Å²) in [6.45, 7) is 0.459. The van der Waals surface area contributed by atoms with Crippen LogP contribution in [0, 0.1) is 10.1 Å². The van der Waals surface area contributed by atoms with E-state index in [0.29, 0.717) is 12.5 Å². The maximum Gasteiger partial charge on any atom is 0.330 e. The highest BCUT2D eigenvalue weighted by Crippen LogP contribution is 2.40. The van der Waals surface area contributed by atoms with Gasteiger partial charge in [0.25, 0.3) is 0 Å². The van der Waals surface area contributed by atoms with E-state index < -0.39 is 4.92 Å². The molecule has 0 bridgehead atoms. The Morgan fingerprint density at radius 3 is 2.89 bits per heavy atom. The lowest BCUT2D eigenvalue weighted by Crippen LogP contribution is -2.06. The van der Waals surface area contributed by atoms with Crippen molar-refractivity contribution in [3.63, 3.8) is 0 Å². The van der Waals surface area contributed by atoms with E-state index in [1.54, 1.807) is 0 Å². The fourth-order valence-electron chi connectivity index (χ4n) is 2.19. The van der Waals surface area contributed by atoms with Crippen molar-refractivity contribution >= 4 is 11.5 Å². The van der Waals surface area contributed by atoms with Gasteiger partial charge in [0.15, 0.2) is 0 Å². The van der Waals surface area contributed by atoms with Gasteiger partial charge < -0.3 is 5.73 Å². The molecule has 0 saturated heterocycles. The summed E-state index contributed by atoms with van der Waals surface area (Å²) in [6.07, 6.45) is 3.69. The second kappa shape index (κ2) is 4.38. The number of anilines is 1. The zero-order valence-electron chi connectivity index (χ0n) is 10.3. The van der Waals surface area contributed by atoms with Gasteiger partial charge >= 0.3 is 5.69 Å². The molecule has 6 nitrogen and oxygen atoms in total. The second-order valence-corrected chi connectivity index (χ2v) is 4.85. The zero-order valence-corrected chi connectivity index (χ0v) is 10.3. The SMILES string of the molecule is Nc1c([N+](=O)[O-])cnn1Cc1cccc(C2CC2)c1. The topological polar surface area (TPSA) is 87.0 Å². The minimum atomic E-state index is -0.514. The first-order valence-electron chi connectivity index (χ1n) is 6.19. The van der Waals surface area contributed by atoms with Crippen molar-refractivity contribution in [1.29, 1.82) is 0 Å². The third-order valence-corrected chi connectivity index (χ3v) is 3.39. The van der Waals surface area contributed by atoms with Crippen LogP contribution in [0.5, 0.6) is 0 Å². The van der Waals surface area contributed by atoms with E-state index in [1.807, 2.05) is 12.1 Å². The van der Waals surface area contributed by atoms with Crippen molar-refractivity contribution in [3.8, 4) is 0 Å². The molecule has 0 amide bonds. The van der Waals surface area contributed by atoms with E-state index in [4.69, 9.17) is 5.73 Å². The number of hydrogen-bond donors (Lipinski definition) is 1. The van der Waals surface area contributed by atoms with Gasteiger partial charge in [-0.1, -0.05) is 24.3 Å². The number of hydrogen-bond acceptors (Lipinski definition) is 4. The summed E-state index contributed by atoms with van der Waals surface area (Å²) in [5, 5.41) is 14.7. The van der Waals surface area contributed by atoms with Crippen molar-refractivity contribution in [2.24, 2.45) is 0 Å². The van der Waals surface area contributed by atoms with Gasteiger partial charge in [-0.15, -0.1) is 0 Å². The highest BCUT2D eigenvalue weighted by molar-refractivity contribution is 5.51. The molecule has 2 aromatic rings. The molecule has 3 rings (SSSR count). The molecule has 2 N–H and O–H groups in total. The predicted molar refractivity (Wildman–Crippen MR) is 70.8 cm³/mol. The smallest absolute Gasteiger partial charge is 0.330 e. The highest BCUT2D eigenvalue weighted by atomic mass is 16.6. The molecule has 0 unspecified atom stereocenters. The second-order valence-electron chi connectivity index (χ2n) is 4.85. The minimum Gasteiger partial charge on any atom is -0.378 e. The Morgan fingerprint density at radius 2 is 2.26 bits per heavy atom. The van der Waals surface area contributed by atoms with Crippen LogP contribution in [0.3, 0.4) is 0 Å². The fraction of sp³-hybridized carbons (Fsp3) is 0.308. The largest absolute Gasteiger partial charge is 0.378 e. The van der Waals surface area contributed by atoms with Crippen molar-refractivity contribution in [2.45, 2.75) is 25.3 Å². The molecule has 6 heteroatoms. The van der Waals surface area contributed by atoms with Gasteiger partial charge in [0, 0.05) is 0 Å². The Morgan fingerprint density at radius 1 is 1.47 bits per heavy atom. The summed E-state index contributed by atoms with van der Waals surface area (Å²) >= 11 is 0. The quantitative estimate of drug-likeness (QED) is 0.673. The van der Waals surface area contributed by atoms with E-state index in [-0.39, 0.29) is 11.5 Å². The number of nitro groups is 1. The van der Waals surface area contributed by atoms with Gasteiger partial charge in [0.05, 0.1) is 11.5 Å². The Hall–Kier alpha value is -2.37. The fourth-order valence-corrected chi connectivity index (χ4v) is 2.19. The Balaban J connectivity index is 1.84. The zero-order chi connectivity index (χ0) is 13.4. The Bertz CT molecular complexity index is 631. The third kappa shape index (κ3) is 2.29. The Labute approximate surface area is 110 Å². The number of aromatic nitrogens is 2. The Kier molecular flexibility index (Phi) is 2.70. The van der Waals surface area contributed by atoms with Crippen LogP contribution in [-0.2, 0) is 6.54 Å². The van der Waals surface area contributed by atoms with Crippen LogP contribution in [0.1, 0.15) is 29.9 Å². The maximum atomic E-state index is 10.7. The summed E-state index contributed by atoms with van der Waals surface area (Å²) in [4.78, 5) is 10.2. The van der Waals surface area contributed by atoms with Crippen LogP contribution in [0.25, 0.3) is 0 Å². The summed E-state index contributed by atoms with van der Waals surface area (Å²) in [6, 6.07) is 8.25. The molecule has 0 spiro atoms. The number of nitrogen functional groups attached to an aromatic ring is 1. The van der Waals surface area contributed by atoms with Crippen LogP contribution in [-0.4, -0.2) is 14.7 Å². The molecule has 0 atom stereocenters. The summed E-state index contributed by atoms with van der Waals surface area (Å²) in [5.74, 6) is 0.783. The van der Waals surface area contributed by atoms with E-state index >= 15 is 0 Å². The van der Waals surface area contributed by atoms with Crippen LogP contribution in [0.2, 0.25) is 0 Å². The average Bonchev–Trinajstić information content (AvgIpc) is 3.16. The van der Waals surface area contributed by atoms with Gasteiger partial charge in [-0.05, 0) is 29.9 Å². The van der Waals surface area contributed by atoms with E-state index in [9.17, 15) is 10.1 Å². The number of rotatable bonds is 4. The molecule has 1 aromatic heterocycles. The lowest BCUT2D eigenvalue weighted by molar-refractivity contribution is -0.384. The molecular weight excluding hydrogens is 244 g/mol. The summed E-state index contributed by atoms with van der Waals surface area (Å²) in [7, 11) is 0. The monoisotopic (exact) mass is 258 g/mol. The first kappa shape index (κ1) is 11.7. The number of nitrogens with zero attached hydrogens (tertiary/aromatic N) is 3. The van der Waals surface area contributed by atoms with E-state index in [1.165, 1.54) is 29.3 Å². The standard InChI is InChI=1S/C13H14N4O2/c14-13-12(17(18)19)7-15-16(13)8-9-2-1-3-11(6-9)10-4-5-10/h1-3,6-7,10H,4-5,8,14H2. The minimum absolute atomic E-state index is 0.0989. The van der Waals surface area contributed by atoms with Crippen LogP contribution in [0.15, 0.2) is 30.5 Å². The number of nitrogens with two attached hydrogens (primary N) is 1. The molecule has 0 aliphatic heterocycles. The highest BCUT2D eigenvalue weighted by Gasteiger charge is 2.23. The van der Waals surface area contributed by atoms with Crippen molar-refractivity contribution in [2.75, 3.05) is 5.73 Å². The van der Waals surface area contributed by atoms with Gasteiger partial charge in [-0.25, -0.2) is 4.68 Å². The van der Waals surface area contributed by atoms with Gasteiger partial charge in [0.2, 0.25) is 5.82 Å². The third-order valence-electron chi connectivity index (χ3n) is 3.39. The lowest BCUT2D eigenvalue weighted by Gasteiger charge is -2.06. The van der Waals surface area contributed by atoms with E-state index in [0.717, 1.165) is 5.56 Å². The molecule has 98 valence electrons. The predicted octanol–water partition coefficient (Wildman–Crippen LogP) is 2.30. The lowest BCUT2D eigenvalue weighted by atomic mass is 10.1. The summed E-state index contributed by atoms with van der Waals surface area (Å²) < 4.78 is 1.46. The molecule has 1 heterocycles. The van der Waals surface area contributed by atoms with Crippen molar-refractivity contribution in [3.05, 3.63) is 51.7 Å². The maximum absolute atomic E-state index is 10.7. The average molecular weight is 258 g/mol. The molecule has 1 aliphatic carbocycles. The normalized spacial score (nSPS) is 14.5. The van der Waals surface area contributed by atoms with Crippen LogP contribution < -0.4 is 5.73 Å². The molecule has 19 heavy (non-hydrogen) atoms. The van der Waals surface area contributed by atoms with Crippen molar-refractivity contribution in [1.82, 2.24) is 9.78 Å². The number of benzene rings is 1. The van der Waals surface area contributed by atoms with Crippen LogP contribution >= 0.6 is 0 Å². The first-order chi connectivity index (χ1) is 9.15. The molecular formula is C13H14N4O2. The molecule has 0 radical (unpaired) electrons. The van der Waals surface area contributed by atoms with Crippen LogP contribution in [0.4, 0.5) is 11.5 Å².